The van der Waals surface area contributed by atoms with E-state index >= 15 is 0 Å². The molecule has 0 aliphatic rings. The zero-order valence-corrected chi connectivity index (χ0v) is 15.7. The van der Waals surface area contributed by atoms with Crippen molar-refractivity contribution < 1.29 is 18.1 Å². The summed E-state index contributed by atoms with van der Waals surface area (Å²) in [7, 11) is -1.96. The molecule has 0 spiro atoms. The van der Waals surface area contributed by atoms with E-state index in [0.717, 1.165) is 10.6 Å². The highest BCUT2D eigenvalue weighted by atomic mass is 32.2. The number of benzene rings is 2. The Bertz CT molecular complexity index is 983. The van der Waals surface area contributed by atoms with Gasteiger partial charge in [0, 0.05) is 24.7 Å². The van der Waals surface area contributed by atoms with Gasteiger partial charge < -0.3 is 0 Å². The molecule has 0 aliphatic heterocycles. The van der Waals surface area contributed by atoms with Crippen molar-refractivity contribution in [2.75, 3.05) is 17.6 Å². The van der Waals surface area contributed by atoms with Crippen molar-refractivity contribution >= 4 is 33.0 Å². The SMILES string of the molecule is C/C(=N/NC(=O)c1ccc(N(C)S(C)(=O)=O)cc1)c1ccc([N+](=O)[O-])cc1. The van der Waals surface area contributed by atoms with E-state index in [1.807, 2.05) is 0 Å². The molecular formula is C17H18N4O5S. The zero-order chi connectivity index (χ0) is 20.2. The lowest BCUT2D eigenvalue weighted by molar-refractivity contribution is -0.384. The highest BCUT2D eigenvalue weighted by Crippen LogP contribution is 2.16. The lowest BCUT2D eigenvalue weighted by atomic mass is 10.1. The number of carbonyl (C=O) groups is 1. The summed E-state index contributed by atoms with van der Waals surface area (Å²) < 4.78 is 24.1. The summed E-state index contributed by atoms with van der Waals surface area (Å²) in [5.41, 5.74) is 4.21. The first kappa shape index (κ1) is 20.0. The first-order valence-electron chi connectivity index (χ1n) is 7.73. The Morgan fingerprint density at radius 1 is 1.07 bits per heavy atom. The van der Waals surface area contributed by atoms with E-state index in [1.54, 1.807) is 19.1 Å². The third-order valence-corrected chi connectivity index (χ3v) is 5.02. The van der Waals surface area contributed by atoms with Crippen molar-refractivity contribution in [1.82, 2.24) is 5.43 Å². The van der Waals surface area contributed by atoms with E-state index < -0.39 is 20.9 Å². The smallest absolute Gasteiger partial charge is 0.271 e. The molecular weight excluding hydrogens is 372 g/mol. The summed E-state index contributed by atoms with van der Waals surface area (Å²) >= 11 is 0. The molecule has 0 bridgehead atoms. The highest BCUT2D eigenvalue weighted by molar-refractivity contribution is 7.92. The van der Waals surface area contributed by atoms with E-state index in [1.165, 1.54) is 43.4 Å². The molecule has 0 fully saturated rings. The summed E-state index contributed by atoms with van der Waals surface area (Å²) in [6, 6.07) is 11.8. The van der Waals surface area contributed by atoms with Crippen LogP contribution in [0.1, 0.15) is 22.8 Å². The number of hydrogen-bond donors (Lipinski definition) is 1. The van der Waals surface area contributed by atoms with Crippen LogP contribution in [-0.2, 0) is 10.0 Å². The van der Waals surface area contributed by atoms with E-state index in [2.05, 4.69) is 10.5 Å². The van der Waals surface area contributed by atoms with Crippen LogP contribution in [0.4, 0.5) is 11.4 Å². The third kappa shape index (κ3) is 5.11. The Morgan fingerprint density at radius 3 is 2.07 bits per heavy atom. The van der Waals surface area contributed by atoms with Crippen molar-refractivity contribution in [3.05, 3.63) is 69.8 Å². The molecule has 0 radical (unpaired) electrons. The van der Waals surface area contributed by atoms with Gasteiger partial charge in [-0.15, -0.1) is 0 Å². The molecule has 0 saturated heterocycles. The number of nitrogens with zero attached hydrogens (tertiary/aromatic N) is 3. The maximum Gasteiger partial charge on any atom is 0.271 e. The largest absolute Gasteiger partial charge is 0.274 e. The van der Waals surface area contributed by atoms with Crippen LogP contribution in [0.2, 0.25) is 0 Å². The number of anilines is 1. The van der Waals surface area contributed by atoms with Gasteiger partial charge in [0.15, 0.2) is 0 Å². The quantitative estimate of drug-likeness (QED) is 0.460. The number of hydrogen-bond acceptors (Lipinski definition) is 6. The zero-order valence-electron chi connectivity index (χ0n) is 14.9. The number of nitrogens with one attached hydrogen (secondary N) is 1. The van der Waals surface area contributed by atoms with Gasteiger partial charge in [-0.25, -0.2) is 13.8 Å². The summed E-state index contributed by atoms with van der Waals surface area (Å²) in [5.74, 6) is -0.468. The topological polar surface area (TPSA) is 122 Å². The normalized spacial score (nSPS) is 11.7. The molecule has 2 rings (SSSR count). The summed E-state index contributed by atoms with van der Waals surface area (Å²) in [6.45, 7) is 1.66. The minimum absolute atomic E-state index is 0.0327. The fourth-order valence-electron chi connectivity index (χ4n) is 2.10. The van der Waals surface area contributed by atoms with Crippen LogP contribution >= 0.6 is 0 Å². The number of carbonyl (C=O) groups excluding carboxylic acids is 1. The predicted molar refractivity (Wildman–Crippen MR) is 102 cm³/mol. The Morgan fingerprint density at radius 2 is 1.59 bits per heavy atom. The summed E-state index contributed by atoms with van der Waals surface area (Å²) in [6.07, 6.45) is 1.09. The van der Waals surface area contributed by atoms with Gasteiger partial charge in [0.2, 0.25) is 10.0 Å². The molecule has 0 aromatic heterocycles. The molecule has 142 valence electrons. The number of amides is 1. The van der Waals surface area contributed by atoms with Gasteiger partial charge in [-0.1, -0.05) is 0 Å². The monoisotopic (exact) mass is 390 g/mol. The maximum absolute atomic E-state index is 12.2. The third-order valence-electron chi connectivity index (χ3n) is 3.81. The van der Waals surface area contributed by atoms with Gasteiger partial charge in [0.1, 0.15) is 0 Å². The maximum atomic E-state index is 12.2. The molecule has 9 nitrogen and oxygen atoms in total. The van der Waals surface area contributed by atoms with Gasteiger partial charge in [0.05, 0.1) is 22.6 Å². The lowest BCUT2D eigenvalue weighted by Gasteiger charge is -2.16. The van der Waals surface area contributed by atoms with Crippen LogP contribution in [0.25, 0.3) is 0 Å². The van der Waals surface area contributed by atoms with E-state index in [0.29, 0.717) is 22.5 Å². The average molecular weight is 390 g/mol. The summed E-state index contributed by atoms with van der Waals surface area (Å²) in [5, 5.41) is 14.6. The van der Waals surface area contributed by atoms with Gasteiger partial charge in [-0.05, 0) is 48.9 Å². The Hall–Kier alpha value is -3.27. The van der Waals surface area contributed by atoms with Crippen LogP contribution in [0.5, 0.6) is 0 Å². The molecule has 0 atom stereocenters. The highest BCUT2D eigenvalue weighted by Gasteiger charge is 2.13. The number of nitro groups is 1. The standard InChI is InChI=1S/C17H18N4O5S/c1-12(13-4-10-16(11-5-13)21(23)24)18-19-17(22)14-6-8-15(9-7-14)20(2)27(3,25)26/h4-11H,1-3H3,(H,19,22)/b18-12-. The predicted octanol–water partition coefficient (Wildman–Crippen LogP) is 2.14. The van der Waals surface area contributed by atoms with Crippen molar-refractivity contribution in [1.29, 1.82) is 0 Å². The molecule has 2 aromatic rings. The van der Waals surface area contributed by atoms with Gasteiger partial charge in [-0.3, -0.25) is 19.2 Å². The molecule has 0 saturated carbocycles. The number of sulfonamides is 1. The van der Waals surface area contributed by atoms with E-state index in [4.69, 9.17) is 0 Å². The first-order chi connectivity index (χ1) is 12.6. The van der Waals surface area contributed by atoms with Crippen molar-refractivity contribution in [3.8, 4) is 0 Å². The van der Waals surface area contributed by atoms with Crippen LogP contribution in [-0.4, -0.2) is 38.3 Å². The number of rotatable bonds is 6. The first-order valence-corrected chi connectivity index (χ1v) is 9.58. The minimum Gasteiger partial charge on any atom is -0.274 e. The van der Waals surface area contributed by atoms with Crippen molar-refractivity contribution in [3.63, 3.8) is 0 Å². The number of nitro benzene ring substituents is 1. The Kier molecular flexibility index (Phi) is 5.91. The average Bonchev–Trinajstić information content (AvgIpc) is 2.64. The van der Waals surface area contributed by atoms with Crippen LogP contribution < -0.4 is 9.73 Å². The van der Waals surface area contributed by atoms with Gasteiger partial charge >= 0.3 is 0 Å². The molecule has 2 aromatic carbocycles. The molecule has 27 heavy (non-hydrogen) atoms. The Labute approximate surface area is 156 Å². The van der Waals surface area contributed by atoms with Crippen LogP contribution in [0.15, 0.2) is 53.6 Å². The second-order valence-corrected chi connectivity index (χ2v) is 7.73. The van der Waals surface area contributed by atoms with Gasteiger partial charge in [0.25, 0.3) is 11.6 Å². The summed E-state index contributed by atoms with van der Waals surface area (Å²) in [4.78, 5) is 22.3. The van der Waals surface area contributed by atoms with Crippen molar-refractivity contribution in [2.45, 2.75) is 6.92 Å². The molecule has 1 amide bonds. The Balaban J connectivity index is 2.08. The number of hydrazone groups is 1. The second kappa shape index (κ2) is 7.96. The lowest BCUT2D eigenvalue weighted by Crippen LogP contribution is -2.25. The fraction of sp³-hybridized carbons (Fsp3) is 0.176. The fourth-order valence-corrected chi connectivity index (χ4v) is 2.61. The molecule has 0 aliphatic carbocycles. The van der Waals surface area contributed by atoms with Gasteiger partial charge in [-0.2, -0.15) is 5.10 Å². The van der Waals surface area contributed by atoms with E-state index in [-0.39, 0.29) is 5.69 Å². The van der Waals surface area contributed by atoms with Crippen LogP contribution in [0, 0.1) is 10.1 Å². The van der Waals surface area contributed by atoms with Crippen molar-refractivity contribution in [2.24, 2.45) is 5.10 Å². The second-order valence-electron chi connectivity index (χ2n) is 5.72. The van der Waals surface area contributed by atoms with Crippen LogP contribution in [0.3, 0.4) is 0 Å². The molecule has 10 heteroatoms. The molecule has 0 unspecified atom stereocenters. The molecule has 0 heterocycles. The van der Waals surface area contributed by atoms with E-state index in [9.17, 15) is 23.3 Å². The molecule has 1 N–H and O–H groups in total. The minimum atomic E-state index is -3.38. The number of non-ortho nitro benzene ring substituents is 1.